The Morgan fingerprint density at radius 2 is 1.22 bits per heavy atom. The van der Waals surface area contributed by atoms with Crippen molar-refractivity contribution in [2.75, 3.05) is 41.8 Å². The third kappa shape index (κ3) is 6.44. The number of hydrogen-bond donors (Lipinski definition) is 1. The van der Waals surface area contributed by atoms with Crippen LogP contribution in [0.15, 0.2) is 27.0 Å². The van der Waals surface area contributed by atoms with Gasteiger partial charge in [0.15, 0.2) is 0 Å². The van der Waals surface area contributed by atoms with Crippen LogP contribution in [0.2, 0.25) is 12.1 Å². The normalized spacial score (nSPS) is 12.3. The summed E-state index contributed by atoms with van der Waals surface area (Å²) in [4.78, 5) is 38.6. The first-order chi connectivity index (χ1) is 15.2. The molecule has 0 saturated heterocycles. The number of allylic oxidation sites excluding steroid dienone is 1. The van der Waals surface area contributed by atoms with Gasteiger partial charge in [-0.2, -0.15) is 0 Å². The number of hydrogen-bond acceptors (Lipinski definition) is 9. The highest BCUT2D eigenvalue weighted by Gasteiger charge is 2.37. The van der Waals surface area contributed by atoms with Crippen LogP contribution in [0.25, 0.3) is 0 Å². The molecule has 0 atom stereocenters. The third-order valence-electron chi connectivity index (χ3n) is 5.42. The lowest BCUT2D eigenvalue weighted by Gasteiger charge is -2.25. The van der Waals surface area contributed by atoms with Crippen molar-refractivity contribution in [1.29, 1.82) is 0 Å². The van der Waals surface area contributed by atoms with Gasteiger partial charge in [0.25, 0.3) is 0 Å². The van der Waals surface area contributed by atoms with Crippen molar-refractivity contribution in [1.82, 2.24) is 13.7 Å². The summed E-state index contributed by atoms with van der Waals surface area (Å²) >= 11 is 0. The van der Waals surface area contributed by atoms with Crippen molar-refractivity contribution in [3.63, 3.8) is 0 Å². The topological polar surface area (TPSA) is 132 Å². The molecule has 1 rings (SSSR count). The van der Waals surface area contributed by atoms with Gasteiger partial charge in [-0.25, -0.2) is 28.1 Å². The van der Waals surface area contributed by atoms with Crippen LogP contribution >= 0.6 is 0 Å². The average molecular weight is 494 g/mol. The van der Waals surface area contributed by atoms with E-state index in [1.165, 1.54) is 41.6 Å². The lowest BCUT2D eigenvalue weighted by atomic mass is 10.4. The van der Waals surface area contributed by atoms with Crippen LogP contribution in [-0.2, 0) is 41.8 Å². The van der Waals surface area contributed by atoms with Crippen LogP contribution in [0, 0.1) is 0 Å². The van der Waals surface area contributed by atoms with E-state index in [4.69, 9.17) is 22.1 Å². The van der Waals surface area contributed by atoms with E-state index in [2.05, 4.69) is 6.58 Å². The van der Waals surface area contributed by atoms with Crippen LogP contribution in [0.4, 0.5) is 0 Å². The largest absolute Gasteiger partial charge is 0.500 e. The smallest absolute Gasteiger partial charge is 0.396 e. The van der Waals surface area contributed by atoms with Crippen LogP contribution in [0.3, 0.4) is 0 Å². The molecule has 0 aliphatic rings. The van der Waals surface area contributed by atoms with E-state index < -0.39 is 34.4 Å². The standard InChI is InChI=1S/C18H35N3O9Si2/c1-7-10-19-16(23)20(11-8-13-31(15-22,26-2)27-3)18(25)21(17(19)24)12-9-14-32(28-4,29-5)30-6/h7,22H,1,8-15H2,2-6H3. The van der Waals surface area contributed by atoms with E-state index in [0.29, 0.717) is 24.9 Å². The minimum absolute atomic E-state index is 0.0314. The Bertz CT molecular complexity index is 824. The molecule has 0 aliphatic carbocycles. The minimum Gasteiger partial charge on any atom is -0.396 e. The zero-order valence-electron chi connectivity index (χ0n) is 19.5. The molecule has 1 aromatic rings. The van der Waals surface area contributed by atoms with Gasteiger partial charge in [-0.15, -0.1) is 6.58 Å². The SMILES string of the molecule is C=CCn1c(=O)n(CCC[Si](CO)(OC)OC)c(=O)n(CCC[Si](OC)(OC)OC)c1=O. The van der Waals surface area contributed by atoms with E-state index in [-0.39, 0.29) is 25.9 Å². The molecule has 184 valence electrons. The van der Waals surface area contributed by atoms with Gasteiger partial charge in [-0.1, -0.05) is 6.08 Å². The molecule has 14 heteroatoms. The second-order valence-electron chi connectivity index (χ2n) is 7.03. The maximum Gasteiger partial charge on any atom is 0.500 e. The predicted octanol–water partition coefficient (Wildman–Crippen LogP) is -0.717. The molecule has 0 aliphatic heterocycles. The lowest BCUT2D eigenvalue weighted by molar-refractivity contribution is 0.122. The average Bonchev–Trinajstić information content (AvgIpc) is 2.82. The van der Waals surface area contributed by atoms with E-state index in [1.807, 2.05) is 0 Å². The molecule has 1 aromatic heterocycles. The summed E-state index contributed by atoms with van der Waals surface area (Å²) in [5.74, 6) is 0. The van der Waals surface area contributed by atoms with Crippen LogP contribution in [0.1, 0.15) is 12.8 Å². The molecule has 1 heterocycles. The summed E-state index contributed by atoms with van der Waals surface area (Å²) in [6, 6.07) is 0.752. The number of aromatic nitrogens is 3. The summed E-state index contributed by atoms with van der Waals surface area (Å²) in [6.07, 6.45) is 1.89. The quantitative estimate of drug-likeness (QED) is 0.234. The van der Waals surface area contributed by atoms with Crippen LogP contribution < -0.4 is 17.1 Å². The van der Waals surface area contributed by atoms with Gasteiger partial charge in [0, 0.05) is 54.7 Å². The zero-order chi connectivity index (χ0) is 24.4. The Kier molecular flexibility index (Phi) is 11.7. The van der Waals surface area contributed by atoms with Crippen molar-refractivity contribution in [3.05, 3.63) is 44.1 Å². The van der Waals surface area contributed by atoms with E-state index in [1.54, 1.807) is 0 Å². The Morgan fingerprint density at radius 3 is 1.59 bits per heavy atom. The Hall–Kier alpha value is -1.66. The highest BCUT2D eigenvalue weighted by molar-refractivity contribution is 6.67. The van der Waals surface area contributed by atoms with Crippen LogP contribution in [-0.4, -0.2) is 78.0 Å². The van der Waals surface area contributed by atoms with Gasteiger partial charge in [-0.3, -0.25) is 0 Å². The fourth-order valence-corrected chi connectivity index (χ4v) is 6.75. The van der Waals surface area contributed by atoms with Gasteiger partial charge < -0.3 is 27.2 Å². The van der Waals surface area contributed by atoms with Crippen molar-refractivity contribution in [3.8, 4) is 0 Å². The van der Waals surface area contributed by atoms with E-state index in [9.17, 15) is 19.5 Å². The van der Waals surface area contributed by atoms with Gasteiger partial charge in [-0.05, 0) is 18.9 Å². The summed E-state index contributed by atoms with van der Waals surface area (Å²) < 4.78 is 29.8. The van der Waals surface area contributed by atoms with Gasteiger partial charge in [0.2, 0.25) is 0 Å². The number of rotatable bonds is 16. The summed E-state index contributed by atoms with van der Waals surface area (Å²) in [6.45, 7) is 3.66. The number of aliphatic hydroxyl groups excluding tert-OH is 1. The van der Waals surface area contributed by atoms with Crippen LogP contribution in [0.5, 0.6) is 0 Å². The Morgan fingerprint density at radius 1 is 0.781 bits per heavy atom. The molecule has 32 heavy (non-hydrogen) atoms. The first-order valence-electron chi connectivity index (χ1n) is 10.2. The first kappa shape index (κ1) is 28.4. The van der Waals surface area contributed by atoms with Gasteiger partial charge >= 0.3 is 34.4 Å². The van der Waals surface area contributed by atoms with Crippen molar-refractivity contribution >= 4 is 17.4 Å². The second-order valence-corrected chi connectivity index (χ2v) is 13.6. The molecule has 0 radical (unpaired) electrons. The number of nitrogens with zero attached hydrogens (tertiary/aromatic N) is 3. The minimum atomic E-state index is -2.87. The summed E-state index contributed by atoms with van der Waals surface area (Å²) in [7, 11) is 1.69. The van der Waals surface area contributed by atoms with Crippen molar-refractivity contribution in [2.45, 2.75) is 44.6 Å². The molecule has 0 spiro atoms. The Labute approximate surface area is 189 Å². The molecular formula is C18H35N3O9Si2. The maximum atomic E-state index is 13.0. The molecule has 0 aromatic carbocycles. The molecule has 0 amide bonds. The second kappa shape index (κ2) is 13.1. The molecule has 0 unspecified atom stereocenters. The maximum absolute atomic E-state index is 13.0. The van der Waals surface area contributed by atoms with Gasteiger partial charge in [0.1, 0.15) is 0 Å². The fourth-order valence-electron chi connectivity index (χ4n) is 3.36. The lowest BCUT2D eigenvalue weighted by Crippen LogP contribution is -2.55. The fraction of sp³-hybridized carbons (Fsp3) is 0.722. The molecule has 1 N–H and O–H groups in total. The van der Waals surface area contributed by atoms with E-state index >= 15 is 0 Å². The first-order valence-corrected chi connectivity index (χ1v) is 14.3. The summed E-state index contributed by atoms with van der Waals surface area (Å²) in [5, 5.41) is 9.59. The molecular weight excluding hydrogens is 458 g/mol. The Balaban J connectivity index is 3.23. The van der Waals surface area contributed by atoms with Crippen molar-refractivity contribution < 1.29 is 27.2 Å². The molecule has 0 saturated carbocycles. The van der Waals surface area contributed by atoms with E-state index in [0.717, 1.165) is 13.7 Å². The number of aliphatic hydroxyl groups is 1. The molecule has 0 fully saturated rings. The highest BCUT2D eigenvalue weighted by atomic mass is 28.4. The van der Waals surface area contributed by atoms with Crippen molar-refractivity contribution in [2.24, 2.45) is 0 Å². The monoisotopic (exact) mass is 493 g/mol. The zero-order valence-corrected chi connectivity index (χ0v) is 21.5. The summed E-state index contributed by atoms with van der Waals surface area (Å²) in [5.41, 5.74) is -2.12. The predicted molar refractivity (Wildman–Crippen MR) is 122 cm³/mol. The van der Waals surface area contributed by atoms with Gasteiger partial charge in [0.05, 0.1) is 12.8 Å². The highest BCUT2D eigenvalue weighted by Crippen LogP contribution is 2.15. The third-order valence-corrected chi connectivity index (χ3v) is 11.3. The molecule has 12 nitrogen and oxygen atoms in total. The molecule has 0 bridgehead atoms.